The van der Waals surface area contributed by atoms with Crippen LogP contribution in [0.5, 0.6) is 0 Å². The lowest BCUT2D eigenvalue weighted by atomic mass is 10.1. The molecule has 1 aliphatic heterocycles. The van der Waals surface area contributed by atoms with Crippen molar-refractivity contribution in [2.45, 2.75) is 38.5 Å². The van der Waals surface area contributed by atoms with Gasteiger partial charge in [0.2, 0.25) is 11.3 Å². The highest BCUT2D eigenvalue weighted by Gasteiger charge is 2.31. The van der Waals surface area contributed by atoms with E-state index in [4.69, 9.17) is 0 Å². The van der Waals surface area contributed by atoms with Gasteiger partial charge in [-0.1, -0.05) is 18.2 Å². The fraction of sp³-hybridized carbons (Fsp3) is 0.333. The lowest BCUT2D eigenvalue weighted by Gasteiger charge is -2.16. The summed E-state index contributed by atoms with van der Waals surface area (Å²) < 4.78 is 38.5. The minimum absolute atomic E-state index is 0.0264. The number of aromatic nitrogens is 2. The van der Waals surface area contributed by atoms with Gasteiger partial charge in [-0.15, -0.1) is 0 Å². The van der Waals surface area contributed by atoms with Gasteiger partial charge in [0.1, 0.15) is 12.6 Å². The molecular formula is C18H17F3N4O3. The smallest absolute Gasteiger partial charge is 0.339 e. The van der Waals surface area contributed by atoms with Gasteiger partial charge in [0.15, 0.2) is 5.69 Å². The lowest BCUT2D eigenvalue weighted by Crippen LogP contribution is -2.45. The number of rotatable bonds is 3. The number of nitrogens with zero attached hydrogens (tertiary/aromatic N) is 2. The number of anilines is 1. The number of carbonyl (C=O) groups excluding carboxylic acids is 2. The second kappa shape index (κ2) is 7.45. The highest BCUT2D eigenvalue weighted by atomic mass is 19.4. The predicted octanol–water partition coefficient (Wildman–Crippen LogP) is 1.80. The second-order valence-electron chi connectivity index (χ2n) is 6.48. The van der Waals surface area contributed by atoms with E-state index in [1.165, 1.54) is 6.92 Å². The molecule has 1 aromatic heterocycles. The molecule has 1 unspecified atom stereocenters. The van der Waals surface area contributed by atoms with Crippen LogP contribution in [0.25, 0.3) is 0 Å². The number of carbonyl (C=O) groups is 2. The zero-order valence-corrected chi connectivity index (χ0v) is 14.8. The molecule has 2 amide bonds. The van der Waals surface area contributed by atoms with Crippen LogP contribution in [-0.4, -0.2) is 33.8 Å². The van der Waals surface area contributed by atoms with Crippen molar-refractivity contribution >= 4 is 17.5 Å². The van der Waals surface area contributed by atoms with Crippen LogP contribution in [0.2, 0.25) is 0 Å². The van der Waals surface area contributed by atoms with E-state index in [1.54, 1.807) is 12.1 Å². The number of fused-ring (bicyclic) bond motifs is 1. The molecule has 0 saturated heterocycles. The van der Waals surface area contributed by atoms with E-state index in [2.05, 4.69) is 15.7 Å². The van der Waals surface area contributed by atoms with E-state index in [1.807, 2.05) is 12.1 Å². The van der Waals surface area contributed by atoms with Crippen LogP contribution in [0.4, 0.5) is 18.9 Å². The Hall–Kier alpha value is -3.17. The van der Waals surface area contributed by atoms with E-state index >= 15 is 0 Å². The molecule has 10 heteroatoms. The Labute approximate surface area is 157 Å². The summed E-state index contributed by atoms with van der Waals surface area (Å²) in [6.45, 7) is -0.142. The number of aryl methyl sites for hydroxylation is 2. The van der Waals surface area contributed by atoms with Gasteiger partial charge in [0, 0.05) is 17.4 Å². The third kappa shape index (κ3) is 4.38. The normalized spacial score (nSPS) is 16.7. The second-order valence-corrected chi connectivity index (χ2v) is 6.48. The topological polar surface area (TPSA) is 93.1 Å². The number of alkyl halides is 3. The number of hydrogen-bond acceptors (Lipinski definition) is 4. The molecule has 2 heterocycles. The molecule has 1 aromatic carbocycles. The molecule has 7 nitrogen and oxygen atoms in total. The van der Waals surface area contributed by atoms with Crippen molar-refractivity contribution in [3.63, 3.8) is 0 Å². The van der Waals surface area contributed by atoms with E-state index in [-0.39, 0.29) is 12.1 Å². The zero-order chi connectivity index (χ0) is 20.5. The van der Waals surface area contributed by atoms with E-state index in [9.17, 15) is 27.6 Å². The molecule has 2 aromatic rings. The molecule has 2 N–H and O–H groups in total. The first-order valence-corrected chi connectivity index (χ1v) is 8.49. The standard InChI is InChI=1S/C18H17F3N4O3/c1-10-8-14(26)15(24-25(10)9-18(19,20)21)17(28)23-13-7-6-11-4-2-3-5-12(11)22-16(13)27/h2-5,8,13H,6-7,9H2,1H3,(H,22,27)(H,23,28). The number of para-hydroxylation sites is 1. The molecule has 1 aliphatic rings. The fourth-order valence-electron chi connectivity index (χ4n) is 2.94. The van der Waals surface area contributed by atoms with Gasteiger partial charge in [-0.3, -0.25) is 19.1 Å². The van der Waals surface area contributed by atoms with Gasteiger partial charge < -0.3 is 10.6 Å². The van der Waals surface area contributed by atoms with Crippen LogP contribution in [-0.2, 0) is 17.8 Å². The van der Waals surface area contributed by atoms with Crippen molar-refractivity contribution in [2.75, 3.05) is 5.32 Å². The van der Waals surface area contributed by atoms with E-state index < -0.39 is 41.7 Å². The first kappa shape index (κ1) is 19.6. The van der Waals surface area contributed by atoms with E-state index in [0.29, 0.717) is 16.8 Å². The maximum Gasteiger partial charge on any atom is 0.408 e. The van der Waals surface area contributed by atoms with Crippen LogP contribution < -0.4 is 16.1 Å². The predicted molar refractivity (Wildman–Crippen MR) is 93.9 cm³/mol. The first-order valence-electron chi connectivity index (χ1n) is 8.49. The molecule has 1 atom stereocenters. The van der Waals surface area contributed by atoms with Crippen molar-refractivity contribution in [2.24, 2.45) is 0 Å². The molecule has 0 saturated carbocycles. The Morgan fingerprint density at radius 2 is 2.04 bits per heavy atom. The van der Waals surface area contributed by atoms with Gasteiger partial charge in [-0.2, -0.15) is 18.3 Å². The molecule has 0 bridgehead atoms. The molecular weight excluding hydrogens is 377 g/mol. The summed E-state index contributed by atoms with van der Waals surface area (Å²) in [5.41, 5.74) is -0.00415. The first-order chi connectivity index (χ1) is 13.1. The summed E-state index contributed by atoms with van der Waals surface area (Å²) in [6.07, 6.45) is -3.79. The van der Waals surface area contributed by atoms with Crippen molar-refractivity contribution in [1.82, 2.24) is 15.1 Å². The Kier molecular flexibility index (Phi) is 5.21. The van der Waals surface area contributed by atoms with E-state index in [0.717, 1.165) is 11.6 Å². The largest absolute Gasteiger partial charge is 0.408 e. The number of halogens is 3. The number of benzene rings is 1. The van der Waals surface area contributed by atoms with Crippen LogP contribution in [0, 0.1) is 6.92 Å². The summed E-state index contributed by atoms with van der Waals surface area (Å²) in [5.74, 6) is -1.46. The SMILES string of the molecule is Cc1cc(=O)c(C(=O)NC2CCc3ccccc3NC2=O)nn1CC(F)(F)F. The maximum atomic E-state index is 12.7. The molecule has 0 spiro atoms. The monoisotopic (exact) mass is 394 g/mol. The van der Waals surface area contributed by atoms with Crippen LogP contribution in [0.1, 0.15) is 28.2 Å². The third-order valence-corrected chi connectivity index (χ3v) is 4.34. The van der Waals surface area contributed by atoms with Crippen molar-refractivity contribution in [3.05, 3.63) is 57.5 Å². The summed E-state index contributed by atoms with van der Waals surface area (Å²) in [7, 11) is 0. The Bertz CT molecular complexity index is 985. The molecule has 3 rings (SSSR count). The molecule has 0 aliphatic carbocycles. The Morgan fingerprint density at radius 1 is 1.32 bits per heavy atom. The minimum atomic E-state index is -4.56. The van der Waals surface area contributed by atoms with Gasteiger partial charge in [-0.25, -0.2) is 0 Å². The van der Waals surface area contributed by atoms with Gasteiger partial charge >= 0.3 is 6.18 Å². The summed E-state index contributed by atoms with van der Waals surface area (Å²) in [5, 5.41) is 8.64. The van der Waals surface area contributed by atoms with Crippen molar-refractivity contribution in [3.8, 4) is 0 Å². The van der Waals surface area contributed by atoms with Crippen molar-refractivity contribution < 1.29 is 22.8 Å². The summed E-state index contributed by atoms with van der Waals surface area (Å²) in [6, 6.07) is 7.13. The lowest BCUT2D eigenvalue weighted by molar-refractivity contribution is -0.143. The van der Waals surface area contributed by atoms with Gasteiger partial charge in [-0.05, 0) is 31.4 Å². The summed E-state index contributed by atoms with van der Waals surface area (Å²) >= 11 is 0. The Balaban J connectivity index is 1.80. The highest BCUT2D eigenvalue weighted by Crippen LogP contribution is 2.21. The minimum Gasteiger partial charge on any atom is -0.339 e. The van der Waals surface area contributed by atoms with Gasteiger partial charge in [0.05, 0.1) is 0 Å². The van der Waals surface area contributed by atoms with Crippen molar-refractivity contribution in [1.29, 1.82) is 0 Å². The average Bonchev–Trinajstić information content (AvgIpc) is 2.75. The molecule has 0 radical (unpaired) electrons. The molecule has 0 fully saturated rings. The van der Waals surface area contributed by atoms with Crippen LogP contribution in [0.3, 0.4) is 0 Å². The number of nitrogens with one attached hydrogen (secondary N) is 2. The fourth-order valence-corrected chi connectivity index (χ4v) is 2.94. The Morgan fingerprint density at radius 3 is 2.75 bits per heavy atom. The highest BCUT2D eigenvalue weighted by molar-refractivity contribution is 6.01. The summed E-state index contributed by atoms with van der Waals surface area (Å²) in [4.78, 5) is 36.9. The number of hydrogen-bond donors (Lipinski definition) is 2. The third-order valence-electron chi connectivity index (χ3n) is 4.34. The zero-order valence-electron chi connectivity index (χ0n) is 14.8. The average molecular weight is 394 g/mol. The quantitative estimate of drug-likeness (QED) is 0.830. The molecule has 28 heavy (non-hydrogen) atoms. The van der Waals surface area contributed by atoms with Crippen LogP contribution in [0.15, 0.2) is 35.1 Å². The van der Waals surface area contributed by atoms with Gasteiger partial charge in [0.25, 0.3) is 5.91 Å². The maximum absolute atomic E-state index is 12.7. The van der Waals surface area contributed by atoms with Crippen LogP contribution >= 0.6 is 0 Å². The molecule has 148 valence electrons. The number of amides is 2.